The van der Waals surface area contributed by atoms with Crippen molar-refractivity contribution in [2.45, 2.75) is 19.3 Å². The van der Waals surface area contributed by atoms with E-state index in [1.807, 2.05) is 0 Å². The summed E-state index contributed by atoms with van der Waals surface area (Å²) in [5, 5.41) is 12.5. The molecule has 23 heavy (non-hydrogen) atoms. The molecule has 0 atom stereocenters. The van der Waals surface area contributed by atoms with Crippen LogP contribution in [0.25, 0.3) is 0 Å². The number of hydrogen-bond acceptors (Lipinski definition) is 3. The van der Waals surface area contributed by atoms with Gasteiger partial charge in [-0.05, 0) is 43.8 Å². The van der Waals surface area contributed by atoms with E-state index < -0.39 is 34.7 Å². The molecule has 0 aromatic heterocycles. The molecule has 0 aliphatic carbocycles. The van der Waals surface area contributed by atoms with Gasteiger partial charge in [-0.3, -0.25) is 4.79 Å². The van der Waals surface area contributed by atoms with Crippen LogP contribution in [0.1, 0.15) is 29.6 Å². The van der Waals surface area contributed by atoms with Crippen molar-refractivity contribution in [1.29, 1.82) is 0 Å². The molecule has 4 nitrogen and oxygen atoms in total. The highest BCUT2D eigenvalue weighted by molar-refractivity contribution is 5.95. The Morgan fingerprint density at radius 2 is 1.83 bits per heavy atom. The summed E-state index contributed by atoms with van der Waals surface area (Å²) in [6.07, 6.45) is 2.68. The van der Waals surface area contributed by atoms with Gasteiger partial charge >= 0.3 is 0 Å². The molecule has 1 aromatic carbocycles. The van der Waals surface area contributed by atoms with E-state index in [-0.39, 0.29) is 17.8 Å². The van der Waals surface area contributed by atoms with Crippen LogP contribution in [0.2, 0.25) is 0 Å². The number of likely N-dealkylation sites (tertiary alicyclic amines) is 1. The number of carbonyl (C=O) groups excluding carboxylic acids is 1. The van der Waals surface area contributed by atoms with Crippen molar-refractivity contribution in [2.75, 3.05) is 26.2 Å². The van der Waals surface area contributed by atoms with Crippen LogP contribution in [0.15, 0.2) is 6.07 Å². The smallest absolute Gasteiger partial charge is 0.257 e. The lowest BCUT2D eigenvalue weighted by molar-refractivity contribution is 0.0755. The van der Waals surface area contributed by atoms with Crippen molar-refractivity contribution in [3.05, 3.63) is 29.1 Å². The van der Waals surface area contributed by atoms with E-state index >= 15 is 0 Å². The van der Waals surface area contributed by atoms with E-state index in [1.54, 1.807) is 0 Å². The number of aromatic hydroxyl groups is 1. The van der Waals surface area contributed by atoms with Crippen LogP contribution in [-0.2, 0) is 0 Å². The van der Waals surface area contributed by atoms with E-state index in [9.17, 15) is 23.1 Å². The zero-order valence-corrected chi connectivity index (χ0v) is 13.2. The lowest BCUT2D eigenvalue weighted by Crippen LogP contribution is -2.40. The fourth-order valence-electron chi connectivity index (χ4n) is 3.39. The fourth-order valence-corrected chi connectivity index (χ4v) is 3.39. The molecule has 128 valence electrons. The van der Waals surface area contributed by atoms with E-state index in [0.29, 0.717) is 19.2 Å². The van der Waals surface area contributed by atoms with Crippen molar-refractivity contribution in [2.24, 2.45) is 5.41 Å². The number of piperidine rings is 1. The molecule has 0 unspecified atom stereocenters. The minimum Gasteiger partial charge on any atom is -0.503 e. The van der Waals surface area contributed by atoms with Gasteiger partial charge in [-0.25, -0.2) is 8.78 Å². The van der Waals surface area contributed by atoms with Crippen LogP contribution in [0, 0.1) is 22.9 Å². The maximum atomic E-state index is 13.9. The Hall–Kier alpha value is -1.47. The Morgan fingerprint density at radius 3 is 2.48 bits per heavy atom. The van der Waals surface area contributed by atoms with Gasteiger partial charge in [0, 0.05) is 13.1 Å². The molecule has 2 N–H and O–H groups in total. The summed E-state index contributed by atoms with van der Waals surface area (Å²) >= 11 is 0. The van der Waals surface area contributed by atoms with Crippen molar-refractivity contribution < 1.29 is 23.1 Å². The van der Waals surface area contributed by atoms with E-state index in [2.05, 4.69) is 5.32 Å². The maximum Gasteiger partial charge on any atom is 0.257 e. The molecule has 2 aliphatic rings. The normalized spacial score (nSPS) is 19.7. The summed E-state index contributed by atoms with van der Waals surface area (Å²) in [6, 6.07) is 0.514. The predicted molar refractivity (Wildman–Crippen MR) is 80.3 cm³/mol. The lowest BCUT2D eigenvalue weighted by atomic mass is 9.78. The summed E-state index contributed by atoms with van der Waals surface area (Å²) < 4.78 is 40.3. The van der Waals surface area contributed by atoms with Crippen LogP contribution in [0.5, 0.6) is 5.75 Å². The number of amides is 1. The molecule has 2 saturated heterocycles. The van der Waals surface area contributed by atoms with Crippen molar-refractivity contribution >= 4 is 18.3 Å². The second-order valence-electron chi connectivity index (χ2n) is 6.11. The molecular formula is C15H18ClF3N2O2. The van der Waals surface area contributed by atoms with Gasteiger partial charge in [-0.1, -0.05) is 0 Å². The zero-order valence-electron chi connectivity index (χ0n) is 12.4. The molecular weight excluding hydrogens is 333 g/mol. The first kappa shape index (κ1) is 17.9. The molecule has 1 spiro atoms. The van der Waals surface area contributed by atoms with Gasteiger partial charge in [0.05, 0.1) is 5.56 Å². The topological polar surface area (TPSA) is 52.6 Å². The maximum absolute atomic E-state index is 13.9. The van der Waals surface area contributed by atoms with Crippen LogP contribution in [0.4, 0.5) is 13.2 Å². The third-order valence-electron chi connectivity index (χ3n) is 4.75. The van der Waals surface area contributed by atoms with Crippen LogP contribution >= 0.6 is 12.4 Å². The average molecular weight is 351 g/mol. The number of rotatable bonds is 1. The van der Waals surface area contributed by atoms with Crippen LogP contribution < -0.4 is 5.32 Å². The first-order chi connectivity index (χ1) is 10.4. The molecule has 0 radical (unpaired) electrons. The van der Waals surface area contributed by atoms with Gasteiger partial charge < -0.3 is 15.3 Å². The summed E-state index contributed by atoms with van der Waals surface area (Å²) in [7, 11) is 0. The van der Waals surface area contributed by atoms with Crippen molar-refractivity contribution in [1.82, 2.24) is 10.2 Å². The Bertz CT molecular complexity index is 621. The van der Waals surface area contributed by atoms with Gasteiger partial charge in [0.25, 0.3) is 5.91 Å². The van der Waals surface area contributed by atoms with E-state index in [1.165, 1.54) is 4.90 Å². The molecule has 2 fully saturated rings. The van der Waals surface area contributed by atoms with Gasteiger partial charge in [0.15, 0.2) is 17.4 Å². The highest BCUT2D eigenvalue weighted by atomic mass is 35.5. The first-order valence-electron chi connectivity index (χ1n) is 7.30. The molecule has 1 aromatic rings. The number of phenols is 1. The fraction of sp³-hybridized carbons (Fsp3) is 0.533. The molecule has 2 heterocycles. The number of halogens is 4. The number of benzene rings is 1. The SMILES string of the molecule is Cl.O=C(c1cc(F)c(F)c(O)c1F)N1CCC2(CCNCC2)C1. The molecule has 3 rings (SSSR count). The van der Waals surface area contributed by atoms with Crippen molar-refractivity contribution in [3.8, 4) is 5.75 Å². The summed E-state index contributed by atoms with van der Waals surface area (Å²) in [6.45, 7) is 2.69. The molecule has 8 heteroatoms. The largest absolute Gasteiger partial charge is 0.503 e. The Labute approximate surface area is 138 Å². The minimum atomic E-state index is -1.68. The van der Waals surface area contributed by atoms with E-state index in [4.69, 9.17) is 0 Å². The quantitative estimate of drug-likeness (QED) is 0.765. The zero-order chi connectivity index (χ0) is 15.9. The van der Waals surface area contributed by atoms with Crippen LogP contribution in [0.3, 0.4) is 0 Å². The number of nitrogens with one attached hydrogen (secondary N) is 1. The number of phenolic OH excluding ortho intramolecular Hbond substituents is 1. The molecule has 1 amide bonds. The predicted octanol–water partition coefficient (Wildman–Crippen LogP) is 2.45. The third kappa shape index (κ3) is 3.12. The lowest BCUT2D eigenvalue weighted by Gasteiger charge is -2.33. The highest BCUT2D eigenvalue weighted by Crippen LogP contribution is 2.39. The summed E-state index contributed by atoms with van der Waals surface area (Å²) in [4.78, 5) is 13.8. The first-order valence-corrected chi connectivity index (χ1v) is 7.30. The second kappa shape index (κ2) is 6.57. The van der Waals surface area contributed by atoms with Crippen molar-refractivity contribution in [3.63, 3.8) is 0 Å². The van der Waals surface area contributed by atoms with Gasteiger partial charge in [0.1, 0.15) is 0 Å². The standard InChI is InChI=1S/C15H17F3N2O2.ClH/c16-10-7-9(11(17)13(21)12(10)18)14(22)20-6-3-15(8-20)1-4-19-5-2-15;/h7,19,21H,1-6,8H2;1H. The van der Waals surface area contributed by atoms with Gasteiger partial charge in [0.2, 0.25) is 5.82 Å². The number of nitrogens with zero attached hydrogens (tertiary/aromatic N) is 1. The Balaban J connectivity index is 0.00000192. The van der Waals surface area contributed by atoms with Gasteiger partial charge in [-0.15, -0.1) is 12.4 Å². The number of hydrogen-bond donors (Lipinski definition) is 2. The molecule has 0 saturated carbocycles. The van der Waals surface area contributed by atoms with Gasteiger partial charge in [-0.2, -0.15) is 4.39 Å². The van der Waals surface area contributed by atoms with E-state index in [0.717, 1.165) is 32.4 Å². The van der Waals surface area contributed by atoms with Crippen LogP contribution in [-0.4, -0.2) is 42.1 Å². The average Bonchev–Trinajstić information content (AvgIpc) is 2.92. The Morgan fingerprint density at radius 1 is 1.17 bits per heavy atom. The highest BCUT2D eigenvalue weighted by Gasteiger charge is 2.41. The Kier molecular flexibility index (Phi) is 5.10. The second-order valence-corrected chi connectivity index (χ2v) is 6.11. The minimum absolute atomic E-state index is 0. The summed E-state index contributed by atoms with van der Waals surface area (Å²) in [5.41, 5.74) is -0.597. The molecule has 2 aliphatic heterocycles. The molecule has 0 bridgehead atoms. The monoisotopic (exact) mass is 350 g/mol. The number of carbonyl (C=O) groups is 1. The third-order valence-corrected chi connectivity index (χ3v) is 4.75. The summed E-state index contributed by atoms with van der Waals surface area (Å²) in [5.74, 6) is -6.67.